The number of amides is 1. The number of aromatic nitrogens is 2. The fourth-order valence-electron chi connectivity index (χ4n) is 3.89. The minimum absolute atomic E-state index is 0.116. The van der Waals surface area contributed by atoms with Gasteiger partial charge in [0.05, 0.1) is 18.1 Å². The van der Waals surface area contributed by atoms with Crippen LogP contribution in [0.2, 0.25) is 0 Å². The van der Waals surface area contributed by atoms with Crippen molar-refractivity contribution in [3.63, 3.8) is 0 Å². The Kier molecular flexibility index (Phi) is 7.70. The Morgan fingerprint density at radius 3 is 2.62 bits per heavy atom. The lowest BCUT2D eigenvalue weighted by Gasteiger charge is -2.35. The van der Waals surface area contributed by atoms with Gasteiger partial charge in [-0.2, -0.15) is 5.10 Å². The second-order valence-corrected chi connectivity index (χ2v) is 8.30. The number of nitro benzene ring substituents is 1. The van der Waals surface area contributed by atoms with Crippen molar-refractivity contribution in [2.45, 2.75) is 33.2 Å². The molecule has 0 bridgehead atoms. The van der Waals surface area contributed by atoms with Crippen LogP contribution in [0.1, 0.15) is 36.5 Å². The summed E-state index contributed by atoms with van der Waals surface area (Å²) in [5, 5.41) is 18.5. The predicted molar refractivity (Wildman–Crippen MR) is 119 cm³/mol. The quantitative estimate of drug-likeness (QED) is 0.489. The van der Waals surface area contributed by atoms with Crippen molar-refractivity contribution in [2.24, 2.45) is 5.92 Å². The third kappa shape index (κ3) is 5.57. The highest BCUT2D eigenvalue weighted by Gasteiger charge is 2.24. The summed E-state index contributed by atoms with van der Waals surface area (Å²) in [7, 11) is 0. The molecule has 3 rings (SSSR count). The average molecular weight is 444 g/mol. The highest BCUT2D eigenvalue weighted by atomic mass is 16.6. The molecule has 1 aliphatic heterocycles. The van der Waals surface area contributed by atoms with Crippen molar-refractivity contribution < 1.29 is 14.5 Å². The summed E-state index contributed by atoms with van der Waals surface area (Å²) in [4.78, 5) is 38.6. The number of benzene rings is 1. The number of aryl methyl sites for hydroxylation is 1. The Hall–Kier alpha value is -3.11. The van der Waals surface area contributed by atoms with E-state index < -0.39 is 16.3 Å². The molecular formula is C22H29N5O5. The molecule has 1 aromatic heterocycles. The standard InChI is InChI=1S/C22H29N5O5/c1-15(2)12-17(25-8-10-32-11-9-25)14-23-22(29)21-20(28)13-16(3)26(24-21)18-6-4-5-7-19(18)27(30)31/h4-7,13,15,17H,8-12,14H2,1-3H3,(H,23,29). The molecule has 0 aliphatic carbocycles. The lowest BCUT2D eigenvalue weighted by atomic mass is 10.0. The number of rotatable bonds is 8. The van der Waals surface area contributed by atoms with E-state index in [4.69, 9.17) is 4.74 Å². The first kappa shape index (κ1) is 23.6. The Bertz CT molecular complexity index is 1030. The lowest BCUT2D eigenvalue weighted by Crippen LogP contribution is -2.49. The summed E-state index contributed by atoms with van der Waals surface area (Å²) >= 11 is 0. The summed E-state index contributed by atoms with van der Waals surface area (Å²) in [5.74, 6) is -0.155. The van der Waals surface area contributed by atoms with Crippen LogP contribution in [0.3, 0.4) is 0 Å². The topological polar surface area (TPSA) is 120 Å². The molecule has 1 fully saturated rings. The van der Waals surface area contributed by atoms with Gasteiger partial charge in [0.1, 0.15) is 5.69 Å². The molecule has 2 aromatic rings. The number of para-hydroxylation sites is 2. The van der Waals surface area contributed by atoms with Gasteiger partial charge in [-0.3, -0.25) is 24.6 Å². The second-order valence-electron chi connectivity index (χ2n) is 8.30. The van der Waals surface area contributed by atoms with Crippen molar-refractivity contribution in [3.05, 3.63) is 62.1 Å². The summed E-state index contributed by atoms with van der Waals surface area (Å²) in [6.45, 7) is 9.14. The Balaban J connectivity index is 1.84. The third-order valence-corrected chi connectivity index (χ3v) is 5.43. The van der Waals surface area contributed by atoms with Crippen LogP contribution in [-0.2, 0) is 4.74 Å². The molecule has 0 saturated carbocycles. The van der Waals surface area contributed by atoms with Crippen LogP contribution in [-0.4, -0.2) is 64.4 Å². The molecule has 32 heavy (non-hydrogen) atoms. The van der Waals surface area contributed by atoms with Gasteiger partial charge in [-0.05, 0) is 25.3 Å². The Labute approximate surface area is 186 Å². The molecule has 10 nitrogen and oxygen atoms in total. The minimum atomic E-state index is -0.593. The van der Waals surface area contributed by atoms with Gasteiger partial charge in [0.2, 0.25) is 5.43 Å². The molecule has 1 unspecified atom stereocenters. The molecule has 1 saturated heterocycles. The van der Waals surface area contributed by atoms with Crippen molar-refractivity contribution in [2.75, 3.05) is 32.8 Å². The van der Waals surface area contributed by atoms with Crippen molar-refractivity contribution in [1.82, 2.24) is 20.0 Å². The van der Waals surface area contributed by atoms with Crippen molar-refractivity contribution in [3.8, 4) is 5.69 Å². The van der Waals surface area contributed by atoms with Crippen LogP contribution in [0.5, 0.6) is 0 Å². The highest BCUT2D eigenvalue weighted by molar-refractivity contribution is 5.92. The maximum atomic E-state index is 12.9. The Morgan fingerprint density at radius 2 is 1.97 bits per heavy atom. The molecule has 1 amide bonds. The van der Waals surface area contributed by atoms with Crippen LogP contribution in [0.25, 0.3) is 5.69 Å². The predicted octanol–water partition coefficient (Wildman–Crippen LogP) is 1.93. The van der Waals surface area contributed by atoms with E-state index in [2.05, 4.69) is 29.2 Å². The molecular weight excluding hydrogens is 414 g/mol. The number of nitrogens with zero attached hydrogens (tertiary/aromatic N) is 4. The number of nitro groups is 1. The average Bonchev–Trinajstić information content (AvgIpc) is 2.77. The van der Waals surface area contributed by atoms with Crippen LogP contribution < -0.4 is 10.7 Å². The van der Waals surface area contributed by atoms with Gasteiger partial charge in [-0.1, -0.05) is 26.0 Å². The maximum absolute atomic E-state index is 12.9. The molecule has 2 heterocycles. The normalized spacial score (nSPS) is 15.5. The number of carbonyl (C=O) groups is 1. The number of carbonyl (C=O) groups excluding carboxylic acids is 1. The van der Waals surface area contributed by atoms with Gasteiger partial charge >= 0.3 is 0 Å². The summed E-state index contributed by atoms with van der Waals surface area (Å²) in [6, 6.07) is 7.46. The largest absolute Gasteiger partial charge is 0.379 e. The first-order valence-electron chi connectivity index (χ1n) is 10.7. The molecule has 1 atom stereocenters. The monoisotopic (exact) mass is 443 g/mol. The van der Waals surface area contributed by atoms with E-state index in [-0.39, 0.29) is 23.1 Å². The Morgan fingerprint density at radius 1 is 1.28 bits per heavy atom. The molecule has 1 aromatic carbocycles. The zero-order valence-corrected chi connectivity index (χ0v) is 18.6. The number of nitrogens with one attached hydrogen (secondary N) is 1. The summed E-state index contributed by atoms with van der Waals surface area (Å²) in [6.07, 6.45) is 0.891. The zero-order chi connectivity index (χ0) is 23.3. The third-order valence-electron chi connectivity index (χ3n) is 5.43. The van der Waals surface area contributed by atoms with Crippen LogP contribution in [0.4, 0.5) is 5.69 Å². The van der Waals surface area contributed by atoms with E-state index in [1.807, 2.05) is 0 Å². The molecule has 10 heteroatoms. The van der Waals surface area contributed by atoms with Gasteiger partial charge < -0.3 is 10.1 Å². The first-order valence-corrected chi connectivity index (χ1v) is 10.7. The number of hydrogen-bond donors (Lipinski definition) is 1. The highest BCUT2D eigenvalue weighted by Crippen LogP contribution is 2.22. The van der Waals surface area contributed by atoms with Crippen LogP contribution in [0.15, 0.2) is 35.1 Å². The van der Waals surface area contributed by atoms with Gasteiger partial charge in [0.25, 0.3) is 11.6 Å². The summed E-state index contributed by atoms with van der Waals surface area (Å²) in [5.41, 5.74) is -0.398. The lowest BCUT2D eigenvalue weighted by molar-refractivity contribution is -0.384. The van der Waals surface area contributed by atoms with E-state index in [0.717, 1.165) is 19.5 Å². The van der Waals surface area contributed by atoms with E-state index >= 15 is 0 Å². The number of morpholine rings is 1. The number of hydrogen-bond acceptors (Lipinski definition) is 7. The van der Waals surface area contributed by atoms with E-state index in [1.165, 1.54) is 22.9 Å². The van der Waals surface area contributed by atoms with Crippen molar-refractivity contribution >= 4 is 11.6 Å². The van der Waals surface area contributed by atoms with Crippen LogP contribution >= 0.6 is 0 Å². The van der Waals surface area contributed by atoms with Crippen molar-refractivity contribution in [1.29, 1.82) is 0 Å². The SMILES string of the molecule is Cc1cc(=O)c(C(=O)NCC(CC(C)C)N2CCOCC2)nn1-c1ccccc1[N+](=O)[O-]. The van der Waals surface area contributed by atoms with E-state index in [9.17, 15) is 19.7 Å². The van der Waals surface area contributed by atoms with Gasteiger partial charge in [0, 0.05) is 43.5 Å². The second kappa shape index (κ2) is 10.5. The zero-order valence-electron chi connectivity index (χ0n) is 18.6. The molecule has 0 radical (unpaired) electrons. The van der Waals surface area contributed by atoms with Crippen LogP contribution in [0, 0.1) is 23.0 Å². The van der Waals surface area contributed by atoms with Gasteiger partial charge in [0.15, 0.2) is 5.69 Å². The molecule has 1 aliphatic rings. The maximum Gasteiger partial charge on any atom is 0.294 e. The fraction of sp³-hybridized carbons (Fsp3) is 0.500. The first-order chi connectivity index (χ1) is 15.3. The van der Waals surface area contributed by atoms with E-state index in [0.29, 0.717) is 31.4 Å². The fourth-order valence-corrected chi connectivity index (χ4v) is 3.89. The van der Waals surface area contributed by atoms with Gasteiger partial charge in [-0.25, -0.2) is 4.68 Å². The molecule has 1 N–H and O–H groups in total. The van der Waals surface area contributed by atoms with E-state index in [1.54, 1.807) is 19.1 Å². The minimum Gasteiger partial charge on any atom is -0.379 e. The van der Waals surface area contributed by atoms with Gasteiger partial charge in [-0.15, -0.1) is 0 Å². The molecule has 0 spiro atoms. The smallest absolute Gasteiger partial charge is 0.294 e. The molecule has 172 valence electrons. The number of ether oxygens (including phenoxy) is 1. The summed E-state index contributed by atoms with van der Waals surface area (Å²) < 4.78 is 6.69.